The lowest BCUT2D eigenvalue weighted by Crippen LogP contribution is -2.57. The molecule has 2 fully saturated rings. The standard InChI is InChI=1S/C30H48N8O7/c1-3-8-22(28(42)38-24(14-20-15-31-17-34-20)29(43)35-18(2)30(44)45)36-25(39)16-33-26(40)23(13-19-9-5-4-6-10-19)37-27(41)21-11-7-12-32-21/h15,17-19,21-24,32H,3-14,16H2,1-2H3,(H,31,34)(H,33,40)(H,35,43)(H,36,39)(H,37,41)(H,38,42)(H,44,45)/t18-,21-,22-,23-,24-/m0/s1. The maximum atomic E-state index is 13.3. The first kappa shape index (κ1) is 35.5. The molecule has 15 nitrogen and oxygen atoms in total. The number of imidazole rings is 1. The Morgan fingerprint density at radius 3 is 2.27 bits per heavy atom. The number of carbonyl (C=O) groups excluding carboxylic acids is 5. The average molecular weight is 633 g/mol. The summed E-state index contributed by atoms with van der Waals surface area (Å²) in [5.41, 5.74) is 0.538. The van der Waals surface area contributed by atoms with Crippen molar-refractivity contribution in [1.82, 2.24) is 41.9 Å². The number of H-pyrrole nitrogens is 1. The number of hydrogen-bond donors (Lipinski definition) is 8. The Morgan fingerprint density at radius 2 is 1.64 bits per heavy atom. The number of aliphatic carboxylic acids is 1. The number of nitrogens with zero attached hydrogens (tertiary/aromatic N) is 1. The van der Waals surface area contributed by atoms with E-state index < -0.39 is 60.3 Å². The van der Waals surface area contributed by atoms with E-state index in [1.807, 2.05) is 6.92 Å². The summed E-state index contributed by atoms with van der Waals surface area (Å²) >= 11 is 0. The van der Waals surface area contributed by atoms with E-state index in [4.69, 9.17) is 0 Å². The molecule has 1 aromatic rings. The molecule has 3 rings (SSSR count). The zero-order valence-electron chi connectivity index (χ0n) is 26.2. The number of hydrogen-bond acceptors (Lipinski definition) is 8. The smallest absolute Gasteiger partial charge is 0.325 e. The molecule has 15 heteroatoms. The molecule has 2 aliphatic rings. The summed E-state index contributed by atoms with van der Waals surface area (Å²) in [7, 11) is 0. The highest BCUT2D eigenvalue weighted by atomic mass is 16.4. The van der Waals surface area contributed by atoms with Gasteiger partial charge >= 0.3 is 5.97 Å². The summed E-state index contributed by atoms with van der Waals surface area (Å²) in [6.45, 7) is 3.48. The second-order valence-electron chi connectivity index (χ2n) is 12.0. The fraction of sp³-hybridized carbons (Fsp3) is 0.700. The number of aromatic amines is 1. The van der Waals surface area contributed by atoms with E-state index in [2.05, 4.69) is 41.9 Å². The maximum absolute atomic E-state index is 13.3. The average Bonchev–Trinajstić information content (AvgIpc) is 3.74. The van der Waals surface area contributed by atoms with Gasteiger partial charge in [-0.1, -0.05) is 45.4 Å². The van der Waals surface area contributed by atoms with E-state index in [0.717, 1.165) is 45.1 Å². The van der Waals surface area contributed by atoms with Crippen LogP contribution in [-0.2, 0) is 35.2 Å². The Balaban J connectivity index is 1.59. The summed E-state index contributed by atoms with van der Waals surface area (Å²) < 4.78 is 0. The van der Waals surface area contributed by atoms with E-state index in [1.54, 1.807) is 0 Å². The van der Waals surface area contributed by atoms with Gasteiger partial charge < -0.3 is 42.0 Å². The molecule has 0 radical (unpaired) electrons. The van der Waals surface area contributed by atoms with Crippen LogP contribution in [0.5, 0.6) is 0 Å². The van der Waals surface area contributed by atoms with Crippen LogP contribution < -0.4 is 31.9 Å². The van der Waals surface area contributed by atoms with E-state index >= 15 is 0 Å². The van der Waals surface area contributed by atoms with E-state index in [9.17, 15) is 33.9 Å². The second-order valence-corrected chi connectivity index (χ2v) is 12.0. The van der Waals surface area contributed by atoms with Gasteiger partial charge in [-0.15, -0.1) is 0 Å². The molecular weight excluding hydrogens is 584 g/mol. The van der Waals surface area contributed by atoms with Crippen LogP contribution in [0.1, 0.15) is 83.7 Å². The zero-order valence-corrected chi connectivity index (χ0v) is 26.2. The minimum atomic E-state index is -1.23. The number of carbonyl (C=O) groups is 6. The molecular formula is C30H48N8O7. The predicted molar refractivity (Wildman–Crippen MR) is 163 cm³/mol. The third kappa shape index (κ3) is 11.8. The van der Waals surface area contributed by atoms with Crippen molar-refractivity contribution < 1.29 is 33.9 Å². The van der Waals surface area contributed by atoms with E-state index in [1.165, 1.54) is 19.4 Å². The first-order valence-corrected chi connectivity index (χ1v) is 16.0. The third-order valence-electron chi connectivity index (χ3n) is 8.30. The number of aromatic nitrogens is 2. The maximum Gasteiger partial charge on any atom is 0.325 e. The first-order chi connectivity index (χ1) is 21.6. The summed E-state index contributed by atoms with van der Waals surface area (Å²) in [6, 6.07) is -4.46. The minimum absolute atomic E-state index is 0.0112. The number of nitrogens with one attached hydrogen (secondary N) is 7. The lowest BCUT2D eigenvalue weighted by atomic mass is 9.84. The van der Waals surface area contributed by atoms with Gasteiger partial charge in [-0.05, 0) is 45.1 Å². The molecule has 1 aliphatic heterocycles. The Bertz CT molecular complexity index is 1150. The first-order valence-electron chi connectivity index (χ1n) is 16.0. The summed E-state index contributed by atoms with van der Waals surface area (Å²) in [5.74, 6) is -3.55. The van der Waals surface area contributed by atoms with Gasteiger partial charge in [0, 0.05) is 18.3 Å². The third-order valence-corrected chi connectivity index (χ3v) is 8.30. The zero-order chi connectivity index (χ0) is 32.8. The van der Waals surface area contributed by atoms with Crippen molar-refractivity contribution in [1.29, 1.82) is 0 Å². The number of carboxylic acids is 1. The fourth-order valence-electron chi connectivity index (χ4n) is 5.74. The number of carboxylic acid groups (broad SMARTS) is 1. The van der Waals surface area contributed by atoms with Gasteiger partial charge in [0.15, 0.2) is 0 Å². The molecule has 1 aromatic heterocycles. The molecule has 1 saturated heterocycles. The topological polar surface area (TPSA) is 224 Å². The number of rotatable bonds is 17. The largest absolute Gasteiger partial charge is 0.480 e. The highest BCUT2D eigenvalue weighted by Crippen LogP contribution is 2.27. The van der Waals surface area contributed by atoms with Crippen LogP contribution in [0.3, 0.4) is 0 Å². The molecule has 0 bridgehead atoms. The van der Waals surface area contributed by atoms with Crippen LogP contribution in [0.2, 0.25) is 0 Å². The van der Waals surface area contributed by atoms with Crippen molar-refractivity contribution in [2.24, 2.45) is 5.92 Å². The molecule has 0 unspecified atom stereocenters. The van der Waals surface area contributed by atoms with Crippen molar-refractivity contribution in [3.8, 4) is 0 Å². The van der Waals surface area contributed by atoms with Gasteiger partial charge in [-0.2, -0.15) is 0 Å². The molecule has 8 N–H and O–H groups in total. The van der Waals surface area contributed by atoms with E-state index in [-0.39, 0.29) is 24.8 Å². The van der Waals surface area contributed by atoms with Crippen LogP contribution >= 0.6 is 0 Å². The molecule has 45 heavy (non-hydrogen) atoms. The molecule has 2 heterocycles. The van der Waals surface area contributed by atoms with Crippen molar-refractivity contribution in [3.05, 3.63) is 18.2 Å². The quantitative estimate of drug-likeness (QED) is 0.112. The van der Waals surface area contributed by atoms with Crippen molar-refractivity contribution in [2.75, 3.05) is 13.1 Å². The monoisotopic (exact) mass is 632 g/mol. The second kappa shape index (κ2) is 18.1. The van der Waals surface area contributed by atoms with Crippen molar-refractivity contribution in [2.45, 2.75) is 115 Å². The summed E-state index contributed by atoms with van der Waals surface area (Å²) in [6.07, 6.45) is 11.1. The van der Waals surface area contributed by atoms with Crippen molar-refractivity contribution in [3.63, 3.8) is 0 Å². The SMILES string of the molecule is CCC[C@H](NC(=O)CNC(=O)[C@H](CC1CCCCC1)NC(=O)[C@@H]1CCCN1)C(=O)N[C@@H](Cc1cnc[nH]1)C(=O)N[C@@H](C)C(=O)O. The van der Waals surface area contributed by atoms with Crippen LogP contribution in [0.25, 0.3) is 0 Å². The highest BCUT2D eigenvalue weighted by Gasteiger charge is 2.31. The van der Waals surface area contributed by atoms with Gasteiger partial charge in [0.05, 0.1) is 18.9 Å². The number of amides is 5. The Hall–Kier alpha value is -4.01. The van der Waals surface area contributed by atoms with Gasteiger partial charge in [0.1, 0.15) is 24.2 Å². The molecule has 5 atom stereocenters. The Morgan fingerprint density at radius 1 is 0.911 bits per heavy atom. The van der Waals surface area contributed by atoms with Gasteiger partial charge in [-0.25, -0.2) is 4.98 Å². The van der Waals surface area contributed by atoms with Crippen LogP contribution in [0.15, 0.2) is 12.5 Å². The molecule has 5 amide bonds. The van der Waals surface area contributed by atoms with Crippen LogP contribution in [0, 0.1) is 5.92 Å². The predicted octanol–water partition coefficient (Wildman–Crippen LogP) is -0.365. The summed E-state index contributed by atoms with van der Waals surface area (Å²) in [4.78, 5) is 83.1. The fourth-order valence-corrected chi connectivity index (χ4v) is 5.74. The minimum Gasteiger partial charge on any atom is -0.480 e. The molecule has 0 aromatic carbocycles. The lowest BCUT2D eigenvalue weighted by molar-refractivity contribution is -0.141. The Kier molecular flexibility index (Phi) is 14.2. The van der Waals surface area contributed by atoms with E-state index in [0.29, 0.717) is 30.9 Å². The molecule has 1 aliphatic carbocycles. The van der Waals surface area contributed by atoms with Crippen molar-refractivity contribution >= 4 is 35.5 Å². The molecule has 1 saturated carbocycles. The van der Waals surface area contributed by atoms with Crippen LogP contribution in [0.4, 0.5) is 0 Å². The van der Waals surface area contributed by atoms with Gasteiger partial charge in [0.25, 0.3) is 0 Å². The molecule has 250 valence electrons. The lowest BCUT2D eigenvalue weighted by Gasteiger charge is -2.27. The Labute approximate surface area is 263 Å². The summed E-state index contributed by atoms with van der Waals surface area (Å²) in [5, 5.41) is 25.5. The highest BCUT2D eigenvalue weighted by molar-refractivity contribution is 5.95. The molecule has 0 spiro atoms. The van der Waals surface area contributed by atoms with Crippen LogP contribution in [-0.4, -0.2) is 93.9 Å². The normalized spacial score (nSPS) is 19.4. The van der Waals surface area contributed by atoms with Gasteiger partial charge in [-0.3, -0.25) is 28.8 Å². The van der Waals surface area contributed by atoms with Gasteiger partial charge in [0.2, 0.25) is 29.5 Å².